The Morgan fingerprint density at radius 3 is 2.76 bits per heavy atom. The minimum atomic E-state index is -0.848. The molecule has 1 saturated carbocycles. The molecule has 6 nitrogen and oxygen atoms in total. The first-order valence-corrected chi connectivity index (χ1v) is 7.51. The van der Waals surface area contributed by atoms with Gasteiger partial charge in [0.2, 0.25) is 0 Å². The lowest BCUT2D eigenvalue weighted by molar-refractivity contribution is -0.387. The number of nitrogens with two attached hydrogens (primary N) is 1. The van der Waals surface area contributed by atoms with Crippen LogP contribution >= 0.6 is 11.8 Å². The third-order valence-electron chi connectivity index (χ3n) is 3.22. The summed E-state index contributed by atoms with van der Waals surface area (Å²) in [5, 5.41) is 10.9. The molecule has 1 fully saturated rings. The molecule has 0 saturated heterocycles. The first kappa shape index (κ1) is 15.6. The van der Waals surface area contributed by atoms with Crippen LogP contribution in [0.5, 0.6) is 0 Å². The Bertz CT molecular complexity index is 561. The zero-order valence-corrected chi connectivity index (χ0v) is 12.0. The van der Waals surface area contributed by atoms with E-state index in [1.807, 2.05) is 0 Å². The first-order valence-electron chi connectivity index (χ1n) is 6.53. The Morgan fingerprint density at radius 1 is 1.48 bits per heavy atom. The molecule has 0 spiro atoms. The molecule has 0 amide bonds. The molecule has 1 aromatic rings. The van der Waals surface area contributed by atoms with Gasteiger partial charge in [-0.3, -0.25) is 14.9 Å². The highest BCUT2D eigenvalue weighted by Gasteiger charge is 2.22. The lowest BCUT2D eigenvalue weighted by Crippen LogP contribution is -2.16. The van der Waals surface area contributed by atoms with E-state index in [0.717, 1.165) is 43.5 Å². The molecule has 0 heterocycles. The summed E-state index contributed by atoms with van der Waals surface area (Å²) >= 11 is 0.927. The minimum absolute atomic E-state index is 0.0497. The van der Waals surface area contributed by atoms with E-state index in [9.17, 15) is 19.3 Å². The highest BCUT2D eigenvalue weighted by Crippen LogP contribution is 2.33. The lowest BCUT2D eigenvalue weighted by Gasteiger charge is -2.11. The lowest BCUT2D eigenvalue weighted by atomic mass is 10.3. The van der Waals surface area contributed by atoms with Crippen LogP contribution in [0.15, 0.2) is 17.0 Å². The van der Waals surface area contributed by atoms with E-state index in [4.69, 9.17) is 10.5 Å². The number of rotatable bonds is 5. The van der Waals surface area contributed by atoms with Crippen molar-refractivity contribution in [2.75, 3.05) is 11.5 Å². The normalized spacial score (nSPS) is 15.1. The van der Waals surface area contributed by atoms with Crippen LogP contribution in [0.3, 0.4) is 0 Å². The van der Waals surface area contributed by atoms with Crippen LogP contribution in [0.2, 0.25) is 0 Å². The molecule has 2 N–H and O–H groups in total. The van der Waals surface area contributed by atoms with Crippen molar-refractivity contribution in [2.24, 2.45) is 0 Å². The van der Waals surface area contributed by atoms with Gasteiger partial charge >= 0.3 is 5.97 Å². The summed E-state index contributed by atoms with van der Waals surface area (Å²) < 4.78 is 18.5. The van der Waals surface area contributed by atoms with E-state index < -0.39 is 22.4 Å². The predicted molar refractivity (Wildman–Crippen MR) is 76.5 cm³/mol. The van der Waals surface area contributed by atoms with E-state index in [1.54, 1.807) is 0 Å². The molecule has 0 unspecified atom stereocenters. The number of halogens is 1. The molecular formula is C13H15FN2O4S. The van der Waals surface area contributed by atoms with Gasteiger partial charge in [0.15, 0.2) is 5.82 Å². The smallest absolute Gasteiger partial charge is 0.316 e. The van der Waals surface area contributed by atoms with Crippen molar-refractivity contribution in [3.8, 4) is 0 Å². The van der Waals surface area contributed by atoms with Crippen molar-refractivity contribution in [2.45, 2.75) is 36.7 Å². The van der Waals surface area contributed by atoms with E-state index >= 15 is 0 Å². The molecule has 0 radical (unpaired) electrons. The van der Waals surface area contributed by atoms with Gasteiger partial charge in [0, 0.05) is 0 Å². The Balaban J connectivity index is 2.00. The number of ether oxygens (including phenoxy) is 1. The average molecular weight is 314 g/mol. The van der Waals surface area contributed by atoms with Gasteiger partial charge in [-0.25, -0.2) is 4.39 Å². The van der Waals surface area contributed by atoms with Gasteiger partial charge in [0.05, 0.1) is 27.3 Å². The fourth-order valence-electron chi connectivity index (χ4n) is 2.18. The molecular weight excluding hydrogens is 299 g/mol. The van der Waals surface area contributed by atoms with Crippen molar-refractivity contribution in [3.05, 3.63) is 28.1 Å². The molecule has 1 aliphatic carbocycles. The second-order valence-electron chi connectivity index (χ2n) is 4.78. The quantitative estimate of drug-likeness (QED) is 0.295. The number of anilines is 1. The maximum Gasteiger partial charge on any atom is 0.316 e. The van der Waals surface area contributed by atoms with Crippen molar-refractivity contribution in [1.82, 2.24) is 0 Å². The molecule has 21 heavy (non-hydrogen) atoms. The Morgan fingerprint density at radius 2 is 2.14 bits per heavy atom. The Hall–Kier alpha value is -1.83. The van der Waals surface area contributed by atoms with Crippen molar-refractivity contribution < 1.29 is 18.8 Å². The fourth-order valence-corrected chi connectivity index (χ4v) is 3.01. The fraction of sp³-hybridized carbons (Fsp3) is 0.462. The second-order valence-corrected chi connectivity index (χ2v) is 5.80. The van der Waals surface area contributed by atoms with Crippen LogP contribution in [-0.2, 0) is 9.53 Å². The highest BCUT2D eigenvalue weighted by molar-refractivity contribution is 8.00. The first-order chi connectivity index (χ1) is 9.97. The van der Waals surface area contributed by atoms with Gasteiger partial charge in [0.1, 0.15) is 6.10 Å². The molecule has 8 heteroatoms. The molecule has 114 valence electrons. The number of carbonyl (C=O) groups is 1. The zero-order chi connectivity index (χ0) is 15.4. The number of carbonyl (C=O) groups excluding carboxylic acids is 1. The van der Waals surface area contributed by atoms with Gasteiger partial charge in [-0.1, -0.05) is 0 Å². The van der Waals surface area contributed by atoms with Crippen molar-refractivity contribution in [3.63, 3.8) is 0 Å². The van der Waals surface area contributed by atoms with Crippen LogP contribution in [0.1, 0.15) is 25.7 Å². The number of hydrogen-bond donors (Lipinski definition) is 1. The van der Waals surface area contributed by atoms with E-state index in [1.165, 1.54) is 6.07 Å². The van der Waals surface area contributed by atoms with Crippen LogP contribution < -0.4 is 5.73 Å². The number of benzene rings is 1. The van der Waals surface area contributed by atoms with Gasteiger partial charge in [0.25, 0.3) is 5.69 Å². The van der Waals surface area contributed by atoms with E-state index in [-0.39, 0.29) is 22.4 Å². The largest absolute Gasteiger partial charge is 0.462 e. The van der Waals surface area contributed by atoms with Crippen LogP contribution in [0.25, 0.3) is 0 Å². The van der Waals surface area contributed by atoms with E-state index in [0.29, 0.717) is 0 Å². The monoisotopic (exact) mass is 314 g/mol. The number of nitrogens with zero attached hydrogens (tertiary/aromatic N) is 1. The standard InChI is InChI=1S/C13H15FN2O4S/c14-9-5-11(16(18)19)12(6-10(9)15)21-7-13(17)20-8-3-1-2-4-8/h5-6,8H,1-4,7,15H2. The number of nitro groups is 1. The summed E-state index contributed by atoms with van der Waals surface area (Å²) in [6.07, 6.45) is 3.77. The minimum Gasteiger partial charge on any atom is -0.462 e. The van der Waals surface area contributed by atoms with Gasteiger partial charge in [-0.05, 0) is 31.7 Å². The van der Waals surface area contributed by atoms with Crippen molar-refractivity contribution >= 4 is 29.1 Å². The zero-order valence-electron chi connectivity index (χ0n) is 11.2. The van der Waals surface area contributed by atoms with Gasteiger partial charge in [-0.2, -0.15) is 0 Å². The number of thioether (sulfide) groups is 1. The van der Waals surface area contributed by atoms with Crippen LogP contribution in [0, 0.1) is 15.9 Å². The summed E-state index contributed by atoms with van der Waals surface area (Å²) in [4.78, 5) is 22.0. The summed E-state index contributed by atoms with van der Waals surface area (Å²) in [7, 11) is 0. The summed E-state index contributed by atoms with van der Waals surface area (Å²) in [5.41, 5.74) is 4.81. The third kappa shape index (κ3) is 4.07. The second kappa shape index (κ2) is 6.75. The van der Waals surface area contributed by atoms with Gasteiger partial charge in [-0.15, -0.1) is 11.8 Å². The summed E-state index contributed by atoms with van der Waals surface area (Å²) in [5.74, 6) is -1.34. The van der Waals surface area contributed by atoms with Crippen LogP contribution in [-0.4, -0.2) is 22.7 Å². The molecule has 1 aliphatic rings. The average Bonchev–Trinajstić information content (AvgIpc) is 2.92. The molecule has 0 aliphatic heterocycles. The molecule has 0 aromatic heterocycles. The molecule has 0 atom stereocenters. The predicted octanol–water partition coefficient (Wildman–Crippen LogP) is 2.89. The summed E-state index contributed by atoms with van der Waals surface area (Å²) in [6, 6.07) is 1.93. The van der Waals surface area contributed by atoms with Crippen LogP contribution in [0.4, 0.5) is 15.8 Å². The third-order valence-corrected chi connectivity index (χ3v) is 4.24. The van der Waals surface area contributed by atoms with Crippen molar-refractivity contribution in [1.29, 1.82) is 0 Å². The number of hydrogen-bond acceptors (Lipinski definition) is 6. The van der Waals surface area contributed by atoms with E-state index in [2.05, 4.69) is 0 Å². The SMILES string of the molecule is Nc1cc(SCC(=O)OC2CCCC2)c([N+](=O)[O-])cc1F. The molecule has 1 aromatic carbocycles. The number of esters is 1. The molecule has 2 rings (SSSR count). The Labute approximate surface area is 125 Å². The number of nitro benzene ring substituents is 1. The maximum atomic E-state index is 13.3. The topological polar surface area (TPSA) is 95.5 Å². The van der Waals surface area contributed by atoms with Gasteiger partial charge < -0.3 is 10.5 Å². The highest BCUT2D eigenvalue weighted by atomic mass is 32.2. The summed E-state index contributed by atoms with van der Waals surface area (Å²) in [6.45, 7) is 0. The maximum absolute atomic E-state index is 13.3. The number of nitrogen functional groups attached to an aromatic ring is 1. The molecule has 0 bridgehead atoms. The Kier molecular flexibility index (Phi) is 5.00.